The normalized spacial score (nSPS) is 10.7. The van der Waals surface area contributed by atoms with E-state index in [0.29, 0.717) is 10.1 Å². The molecule has 23 heavy (non-hydrogen) atoms. The fraction of sp³-hybridized carbons (Fsp3) is 0.125. The number of carbonyl (C=O) groups excluding carboxylic acids is 2. The molecule has 0 aliphatic carbocycles. The van der Waals surface area contributed by atoms with Gasteiger partial charge in [0.15, 0.2) is 0 Å². The molecule has 2 N–H and O–H groups in total. The molecule has 0 spiro atoms. The molecule has 0 aliphatic heterocycles. The molecule has 0 radical (unpaired) electrons. The zero-order chi connectivity index (χ0) is 16.2. The minimum atomic E-state index is -0.281. The Balaban J connectivity index is 1.96. The van der Waals surface area contributed by atoms with Gasteiger partial charge in [0.05, 0.1) is 27.7 Å². The average molecular weight is 420 g/mol. The molecule has 2 amide bonds. The minimum absolute atomic E-state index is 0.0608. The highest BCUT2D eigenvalue weighted by atomic mass is 127. The van der Waals surface area contributed by atoms with Gasteiger partial charge in [-0.3, -0.25) is 19.6 Å². The Labute approximate surface area is 145 Å². The van der Waals surface area contributed by atoms with Crippen molar-refractivity contribution in [2.24, 2.45) is 0 Å². The van der Waals surface area contributed by atoms with Gasteiger partial charge in [0.25, 0.3) is 0 Å². The van der Waals surface area contributed by atoms with Gasteiger partial charge in [-0.15, -0.1) is 0 Å². The van der Waals surface area contributed by atoms with Crippen LogP contribution in [0.1, 0.15) is 0 Å². The Morgan fingerprint density at radius 2 is 1.78 bits per heavy atom. The van der Waals surface area contributed by atoms with E-state index in [4.69, 9.17) is 0 Å². The predicted molar refractivity (Wildman–Crippen MR) is 97.6 cm³/mol. The Morgan fingerprint density at radius 3 is 2.57 bits per heavy atom. The molecule has 3 rings (SSSR count). The molecule has 0 fully saturated rings. The molecule has 0 unspecified atom stereocenters. The molecular formula is C16H13IN4O2. The molecule has 0 saturated heterocycles. The number of pyridine rings is 2. The molecule has 2 aromatic heterocycles. The number of amides is 2. The third-order valence-corrected chi connectivity index (χ3v) is 4.00. The van der Waals surface area contributed by atoms with Crippen LogP contribution < -0.4 is 10.6 Å². The number of nitrogens with zero attached hydrogens (tertiary/aromatic N) is 2. The highest BCUT2D eigenvalue weighted by Crippen LogP contribution is 2.29. The molecule has 0 bridgehead atoms. The summed E-state index contributed by atoms with van der Waals surface area (Å²) in [5.74, 6) is -0.452. The number of halogens is 1. The number of benzene rings is 1. The van der Waals surface area contributed by atoms with Crippen LogP contribution in [0.25, 0.3) is 21.8 Å². The van der Waals surface area contributed by atoms with Crippen molar-refractivity contribution in [3.63, 3.8) is 0 Å². The summed E-state index contributed by atoms with van der Waals surface area (Å²) < 4.78 is 0.319. The third-order valence-electron chi connectivity index (χ3n) is 3.30. The fourth-order valence-electron chi connectivity index (χ4n) is 2.30. The first kappa shape index (κ1) is 15.6. The topological polar surface area (TPSA) is 84.0 Å². The van der Waals surface area contributed by atoms with Gasteiger partial charge in [-0.25, -0.2) is 0 Å². The maximum Gasteiger partial charge on any atom is 0.243 e. The first-order chi connectivity index (χ1) is 11.2. The summed E-state index contributed by atoms with van der Waals surface area (Å²) in [5, 5.41) is 7.09. The lowest BCUT2D eigenvalue weighted by Crippen LogP contribution is -2.33. The summed E-state index contributed by atoms with van der Waals surface area (Å²) in [6.45, 7) is -0.0608. The van der Waals surface area contributed by atoms with E-state index < -0.39 is 0 Å². The lowest BCUT2D eigenvalue weighted by Gasteiger charge is -2.11. The van der Waals surface area contributed by atoms with Gasteiger partial charge in [-0.1, -0.05) is 28.7 Å². The van der Waals surface area contributed by atoms with Crippen molar-refractivity contribution in [1.82, 2.24) is 15.3 Å². The monoisotopic (exact) mass is 420 g/mol. The number of carbonyl (C=O) groups is 2. The van der Waals surface area contributed by atoms with Crippen LogP contribution >= 0.6 is 22.6 Å². The van der Waals surface area contributed by atoms with Crippen LogP contribution in [0.15, 0.2) is 42.7 Å². The molecule has 2 heterocycles. The van der Waals surface area contributed by atoms with Gasteiger partial charge in [-0.2, -0.15) is 0 Å². The van der Waals surface area contributed by atoms with Crippen LogP contribution in [-0.4, -0.2) is 32.8 Å². The van der Waals surface area contributed by atoms with Crippen LogP contribution in [0.5, 0.6) is 0 Å². The number of aromatic nitrogens is 2. The standard InChI is InChI=1S/C16H13IN4O2/c17-8-13(22)20-9-14(23)21-12-7-10-3-1-5-18-15(10)16-11(12)4-2-6-19-16/h1-7H,8-9H2,(H,20,22)(H,21,23). The second-order valence-electron chi connectivity index (χ2n) is 4.86. The second-order valence-corrected chi connectivity index (χ2v) is 5.62. The van der Waals surface area contributed by atoms with Crippen LogP contribution in [0.3, 0.4) is 0 Å². The SMILES string of the molecule is O=C(CI)NCC(=O)Nc1cc2cccnc2c2ncccc12. The van der Waals surface area contributed by atoms with E-state index in [1.807, 2.05) is 52.9 Å². The van der Waals surface area contributed by atoms with E-state index in [1.165, 1.54) is 0 Å². The Hall–Kier alpha value is -2.29. The van der Waals surface area contributed by atoms with Gasteiger partial charge in [0.2, 0.25) is 11.8 Å². The summed E-state index contributed by atoms with van der Waals surface area (Å²) in [6.07, 6.45) is 3.41. The number of anilines is 1. The first-order valence-corrected chi connectivity index (χ1v) is 8.46. The first-order valence-electron chi connectivity index (χ1n) is 6.94. The molecule has 1 aromatic carbocycles. The molecule has 0 atom stereocenters. The number of hydrogen-bond acceptors (Lipinski definition) is 4. The van der Waals surface area contributed by atoms with Crippen molar-refractivity contribution in [3.05, 3.63) is 42.7 Å². The largest absolute Gasteiger partial charge is 0.346 e. The Morgan fingerprint density at radius 1 is 1.04 bits per heavy atom. The van der Waals surface area contributed by atoms with E-state index in [-0.39, 0.29) is 18.4 Å². The number of nitrogens with one attached hydrogen (secondary N) is 2. The smallest absolute Gasteiger partial charge is 0.243 e. The molecule has 0 saturated carbocycles. The number of rotatable bonds is 4. The maximum atomic E-state index is 12.0. The minimum Gasteiger partial charge on any atom is -0.346 e. The van der Waals surface area contributed by atoms with Gasteiger partial charge in [-0.05, 0) is 24.3 Å². The van der Waals surface area contributed by atoms with Crippen molar-refractivity contribution in [1.29, 1.82) is 0 Å². The van der Waals surface area contributed by atoms with Crippen LogP contribution in [0.2, 0.25) is 0 Å². The molecule has 0 aliphatic rings. The summed E-state index contributed by atoms with van der Waals surface area (Å²) >= 11 is 1.95. The summed E-state index contributed by atoms with van der Waals surface area (Å²) in [7, 11) is 0. The van der Waals surface area contributed by atoms with Crippen molar-refractivity contribution >= 4 is 61.9 Å². The van der Waals surface area contributed by atoms with Gasteiger partial charge in [0, 0.05) is 23.2 Å². The fourth-order valence-corrected chi connectivity index (χ4v) is 2.57. The summed E-state index contributed by atoms with van der Waals surface area (Å²) in [4.78, 5) is 32.0. The molecule has 7 heteroatoms. The zero-order valence-corrected chi connectivity index (χ0v) is 14.2. The van der Waals surface area contributed by atoms with E-state index in [0.717, 1.165) is 21.8 Å². The molecular weight excluding hydrogens is 407 g/mol. The molecule has 6 nitrogen and oxygen atoms in total. The van der Waals surface area contributed by atoms with Gasteiger partial charge >= 0.3 is 0 Å². The van der Waals surface area contributed by atoms with E-state index >= 15 is 0 Å². The zero-order valence-electron chi connectivity index (χ0n) is 12.0. The summed E-state index contributed by atoms with van der Waals surface area (Å²) in [6, 6.07) is 9.32. The highest BCUT2D eigenvalue weighted by molar-refractivity contribution is 14.1. The van der Waals surface area contributed by atoms with Crippen LogP contribution in [-0.2, 0) is 9.59 Å². The number of fused-ring (bicyclic) bond motifs is 3. The Kier molecular flexibility index (Phi) is 4.65. The van der Waals surface area contributed by atoms with Crippen molar-refractivity contribution in [2.75, 3.05) is 16.3 Å². The van der Waals surface area contributed by atoms with E-state index in [9.17, 15) is 9.59 Å². The maximum absolute atomic E-state index is 12.0. The number of alkyl halides is 1. The van der Waals surface area contributed by atoms with E-state index in [2.05, 4.69) is 20.6 Å². The number of hydrogen-bond donors (Lipinski definition) is 2. The average Bonchev–Trinajstić information content (AvgIpc) is 2.60. The third kappa shape index (κ3) is 3.39. The lowest BCUT2D eigenvalue weighted by atomic mass is 10.1. The van der Waals surface area contributed by atoms with Crippen molar-refractivity contribution < 1.29 is 9.59 Å². The van der Waals surface area contributed by atoms with Crippen molar-refractivity contribution in [3.8, 4) is 0 Å². The van der Waals surface area contributed by atoms with E-state index in [1.54, 1.807) is 12.4 Å². The Bertz CT molecular complexity index is 898. The molecule has 116 valence electrons. The highest BCUT2D eigenvalue weighted by Gasteiger charge is 2.11. The molecule has 3 aromatic rings. The van der Waals surface area contributed by atoms with Crippen LogP contribution in [0, 0.1) is 0 Å². The van der Waals surface area contributed by atoms with Gasteiger partial charge < -0.3 is 10.6 Å². The van der Waals surface area contributed by atoms with Crippen LogP contribution in [0.4, 0.5) is 5.69 Å². The second kappa shape index (κ2) is 6.86. The lowest BCUT2D eigenvalue weighted by molar-refractivity contribution is -0.122. The summed E-state index contributed by atoms with van der Waals surface area (Å²) in [5.41, 5.74) is 2.18. The quantitative estimate of drug-likeness (QED) is 0.386. The van der Waals surface area contributed by atoms with Crippen molar-refractivity contribution in [2.45, 2.75) is 0 Å². The van der Waals surface area contributed by atoms with Gasteiger partial charge in [0.1, 0.15) is 0 Å². The predicted octanol–water partition coefficient (Wildman–Crippen LogP) is 2.27.